The molecule has 28 heavy (non-hydrogen) atoms. The third-order valence-corrected chi connectivity index (χ3v) is 3.85. The summed E-state index contributed by atoms with van der Waals surface area (Å²) in [6, 6.07) is 22.4. The Morgan fingerprint density at radius 3 is 2.54 bits per heavy atom. The second-order valence-electron chi connectivity index (χ2n) is 5.85. The normalized spacial score (nSPS) is 10.4. The Morgan fingerprint density at radius 1 is 1.11 bits per heavy atom. The molecule has 3 rings (SSSR count). The van der Waals surface area contributed by atoms with Gasteiger partial charge in [-0.1, -0.05) is 30.3 Å². The molecular weight excluding hydrogens is 357 g/mol. The number of hydrogen-bond acceptors (Lipinski definition) is 4. The van der Waals surface area contributed by atoms with Crippen LogP contribution in [0.25, 0.3) is 0 Å². The number of carbonyl (C=O) groups is 1. The van der Waals surface area contributed by atoms with Crippen LogP contribution in [0.5, 0.6) is 5.75 Å². The van der Waals surface area contributed by atoms with Crippen molar-refractivity contribution in [1.82, 2.24) is 5.43 Å². The Kier molecular flexibility index (Phi) is 6.11. The summed E-state index contributed by atoms with van der Waals surface area (Å²) in [6.07, 6.45) is 1.44. The molecule has 0 heterocycles. The highest BCUT2D eigenvalue weighted by Gasteiger charge is 2.11. The molecule has 5 nitrogen and oxygen atoms in total. The van der Waals surface area contributed by atoms with Crippen molar-refractivity contribution in [3.8, 4) is 11.8 Å². The van der Waals surface area contributed by atoms with Gasteiger partial charge in [0.2, 0.25) is 0 Å². The van der Waals surface area contributed by atoms with Crippen LogP contribution < -0.4 is 10.2 Å². The molecule has 1 N–H and O–H groups in total. The largest absolute Gasteiger partial charge is 0.489 e. The summed E-state index contributed by atoms with van der Waals surface area (Å²) in [4.78, 5) is 12.0. The Bertz CT molecular complexity index is 1030. The van der Waals surface area contributed by atoms with Gasteiger partial charge in [0, 0.05) is 0 Å². The lowest BCUT2D eigenvalue weighted by Gasteiger charge is -2.06. The molecule has 0 unspecified atom stereocenters. The summed E-state index contributed by atoms with van der Waals surface area (Å²) in [7, 11) is 0. The van der Waals surface area contributed by atoms with E-state index >= 15 is 0 Å². The molecule has 0 spiro atoms. The van der Waals surface area contributed by atoms with Crippen LogP contribution in [-0.2, 0) is 6.61 Å². The number of rotatable bonds is 6. The zero-order chi connectivity index (χ0) is 19.8. The van der Waals surface area contributed by atoms with Gasteiger partial charge in [-0.05, 0) is 53.6 Å². The highest BCUT2D eigenvalue weighted by atomic mass is 19.1. The number of nitriles is 1. The summed E-state index contributed by atoms with van der Waals surface area (Å²) in [5.74, 6) is -0.752. The molecule has 0 aliphatic rings. The monoisotopic (exact) mass is 373 g/mol. The van der Waals surface area contributed by atoms with Crippen LogP contribution in [0.2, 0.25) is 0 Å². The van der Waals surface area contributed by atoms with E-state index in [-0.39, 0.29) is 11.1 Å². The fourth-order valence-corrected chi connectivity index (χ4v) is 2.39. The van der Waals surface area contributed by atoms with Crippen LogP contribution >= 0.6 is 0 Å². The molecule has 0 radical (unpaired) electrons. The van der Waals surface area contributed by atoms with E-state index in [4.69, 9.17) is 10.00 Å². The lowest BCUT2D eigenvalue weighted by atomic mass is 10.1. The van der Waals surface area contributed by atoms with Gasteiger partial charge in [0.1, 0.15) is 18.2 Å². The molecule has 3 aromatic rings. The number of halogens is 1. The van der Waals surface area contributed by atoms with Crippen LogP contribution in [0.4, 0.5) is 4.39 Å². The summed E-state index contributed by atoms with van der Waals surface area (Å²) in [6.45, 7) is 0.473. The minimum absolute atomic E-state index is 0.145. The van der Waals surface area contributed by atoms with E-state index in [9.17, 15) is 9.18 Å². The number of hydrogen-bond donors (Lipinski definition) is 1. The average molecular weight is 373 g/mol. The first-order valence-electron chi connectivity index (χ1n) is 8.45. The average Bonchev–Trinajstić information content (AvgIpc) is 2.73. The van der Waals surface area contributed by atoms with Crippen molar-refractivity contribution in [2.24, 2.45) is 5.10 Å². The van der Waals surface area contributed by atoms with Gasteiger partial charge < -0.3 is 4.74 Å². The Hall–Kier alpha value is -3.98. The van der Waals surface area contributed by atoms with Crippen molar-refractivity contribution in [1.29, 1.82) is 5.26 Å². The summed E-state index contributed by atoms with van der Waals surface area (Å²) in [5, 5.41) is 12.5. The number of benzene rings is 3. The van der Waals surface area contributed by atoms with Gasteiger partial charge >= 0.3 is 0 Å². The highest BCUT2D eigenvalue weighted by molar-refractivity contribution is 5.95. The van der Waals surface area contributed by atoms with Crippen LogP contribution in [0.3, 0.4) is 0 Å². The molecule has 3 aromatic carbocycles. The smallest absolute Gasteiger partial charge is 0.274 e. The van der Waals surface area contributed by atoms with Gasteiger partial charge in [-0.25, -0.2) is 9.82 Å². The molecule has 1 amide bonds. The van der Waals surface area contributed by atoms with Gasteiger partial charge in [-0.2, -0.15) is 10.4 Å². The fraction of sp³-hybridized carbons (Fsp3) is 0.0455. The van der Waals surface area contributed by atoms with Gasteiger partial charge in [0.05, 0.1) is 23.4 Å². The van der Waals surface area contributed by atoms with Crippen LogP contribution in [0.15, 0.2) is 77.9 Å². The minimum Gasteiger partial charge on any atom is -0.489 e. The summed E-state index contributed by atoms with van der Waals surface area (Å²) < 4.78 is 19.5. The number of carbonyl (C=O) groups excluding carboxylic acids is 1. The molecule has 6 heteroatoms. The second kappa shape index (κ2) is 9.10. The van der Waals surface area contributed by atoms with Crippen molar-refractivity contribution >= 4 is 12.1 Å². The van der Waals surface area contributed by atoms with E-state index < -0.39 is 11.7 Å². The second-order valence-corrected chi connectivity index (χ2v) is 5.85. The first kappa shape index (κ1) is 18.8. The van der Waals surface area contributed by atoms with E-state index in [1.807, 2.05) is 36.4 Å². The first-order valence-corrected chi connectivity index (χ1v) is 8.45. The molecular formula is C22H16FN3O2. The molecule has 0 aliphatic carbocycles. The molecule has 0 aromatic heterocycles. The summed E-state index contributed by atoms with van der Waals surface area (Å²) in [5.41, 5.74) is 4.05. The Labute approximate surface area is 161 Å². The number of nitrogens with one attached hydrogen (secondary N) is 1. The van der Waals surface area contributed by atoms with Gasteiger partial charge in [-0.15, -0.1) is 0 Å². The van der Waals surface area contributed by atoms with Crippen LogP contribution in [0, 0.1) is 17.1 Å². The van der Waals surface area contributed by atoms with Gasteiger partial charge in [-0.3, -0.25) is 4.79 Å². The lowest BCUT2D eigenvalue weighted by Crippen LogP contribution is -2.19. The van der Waals surface area contributed by atoms with E-state index in [0.717, 1.165) is 17.2 Å². The molecule has 0 aliphatic heterocycles. The molecule has 0 fully saturated rings. The highest BCUT2D eigenvalue weighted by Crippen LogP contribution is 2.14. The number of ether oxygens (including phenoxy) is 1. The van der Waals surface area contributed by atoms with E-state index in [1.165, 1.54) is 18.3 Å². The third-order valence-electron chi connectivity index (χ3n) is 3.85. The third kappa shape index (κ3) is 5.02. The van der Waals surface area contributed by atoms with Crippen molar-refractivity contribution < 1.29 is 13.9 Å². The van der Waals surface area contributed by atoms with Crippen molar-refractivity contribution in [2.45, 2.75) is 6.61 Å². The minimum atomic E-state index is -0.772. The number of amides is 1. The number of hydrazone groups is 1. The topological polar surface area (TPSA) is 74.5 Å². The molecule has 0 saturated heterocycles. The molecule has 138 valence electrons. The Balaban J connectivity index is 1.54. The first-order chi connectivity index (χ1) is 13.7. The van der Waals surface area contributed by atoms with Gasteiger partial charge in [0.15, 0.2) is 0 Å². The van der Waals surface area contributed by atoms with E-state index in [1.54, 1.807) is 24.3 Å². The standard InChI is InChI=1S/C22H16FN3O2/c23-21-12-18(13-24)8-11-20(21)22(27)26-25-14-16-6-9-19(10-7-16)28-15-17-4-2-1-3-5-17/h1-12,14H,15H2,(H,26,27)/b25-14+. The SMILES string of the molecule is N#Cc1ccc(C(=O)N/N=C/c2ccc(OCc3ccccc3)cc2)c(F)c1. The van der Waals surface area contributed by atoms with E-state index in [0.29, 0.717) is 12.4 Å². The summed E-state index contributed by atoms with van der Waals surface area (Å²) >= 11 is 0. The van der Waals surface area contributed by atoms with Crippen LogP contribution in [0.1, 0.15) is 27.0 Å². The predicted molar refractivity (Wildman–Crippen MR) is 103 cm³/mol. The van der Waals surface area contributed by atoms with E-state index in [2.05, 4.69) is 10.5 Å². The van der Waals surface area contributed by atoms with Gasteiger partial charge in [0.25, 0.3) is 5.91 Å². The van der Waals surface area contributed by atoms with Crippen molar-refractivity contribution in [3.63, 3.8) is 0 Å². The lowest BCUT2D eigenvalue weighted by molar-refractivity contribution is 0.0951. The maximum atomic E-state index is 13.8. The zero-order valence-corrected chi connectivity index (χ0v) is 14.8. The fourth-order valence-electron chi connectivity index (χ4n) is 2.39. The predicted octanol–water partition coefficient (Wildman–Crippen LogP) is 4.04. The van der Waals surface area contributed by atoms with Crippen molar-refractivity contribution in [2.75, 3.05) is 0 Å². The quantitative estimate of drug-likeness (QED) is 0.523. The molecule has 0 bridgehead atoms. The van der Waals surface area contributed by atoms with Crippen LogP contribution in [-0.4, -0.2) is 12.1 Å². The maximum absolute atomic E-state index is 13.8. The zero-order valence-electron chi connectivity index (χ0n) is 14.8. The molecule has 0 atom stereocenters. The maximum Gasteiger partial charge on any atom is 0.274 e. The molecule has 0 saturated carbocycles. The Morgan fingerprint density at radius 2 is 1.86 bits per heavy atom. The van der Waals surface area contributed by atoms with Crippen molar-refractivity contribution in [3.05, 3.63) is 101 Å². The number of nitrogens with zero attached hydrogens (tertiary/aromatic N) is 2.